The summed E-state index contributed by atoms with van der Waals surface area (Å²) >= 11 is 3.09. The van der Waals surface area contributed by atoms with Gasteiger partial charge in [-0.25, -0.2) is 4.39 Å². The molecule has 0 radical (unpaired) electrons. The zero-order valence-corrected chi connectivity index (χ0v) is 12.9. The van der Waals surface area contributed by atoms with Gasteiger partial charge in [0.05, 0.1) is 11.1 Å². The molecule has 0 amide bonds. The van der Waals surface area contributed by atoms with Crippen LogP contribution in [0.5, 0.6) is 17.2 Å². The highest BCUT2D eigenvalue weighted by molar-refractivity contribution is 9.10. The van der Waals surface area contributed by atoms with Gasteiger partial charge < -0.3 is 15.2 Å². The summed E-state index contributed by atoms with van der Waals surface area (Å²) in [4.78, 5) is 0. The van der Waals surface area contributed by atoms with Crippen LogP contribution >= 0.6 is 15.9 Å². The van der Waals surface area contributed by atoms with Crippen LogP contribution < -0.4 is 15.2 Å². The standard InChI is InChI=1S/C15H14BrFN2O2/c1-2-20-10-5-3-4-6-11(10)21-12-8-7-9(15(18)19)13(16)14(12)17/h3-8H,2H2,1H3,(H3,18,19). The van der Waals surface area contributed by atoms with E-state index >= 15 is 0 Å². The minimum Gasteiger partial charge on any atom is -0.490 e. The van der Waals surface area contributed by atoms with E-state index in [4.69, 9.17) is 20.6 Å². The average Bonchev–Trinajstić information content (AvgIpc) is 2.46. The van der Waals surface area contributed by atoms with Gasteiger partial charge in [-0.05, 0) is 47.1 Å². The fourth-order valence-corrected chi connectivity index (χ4v) is 2.29. The van der Waals surface area contributed by atoms with E-state index in [1.54, 1.807) is 18.2 Å². The number of para-hydroxylation sites is 2. The van der Waals surface area contributed by atoms with Gasteiger partial charge >= 0.3 is 0 Å². The predicted molar refractivity (Wildman–Crippen MR) is 82.8 cm³/mol. The Hall–Kier alpha value is -2.08. The summed E-state index contributed by atoms with van der Waals surface area (Å²) < 4.78 is 25.4. The Bertz CT molecular complexity index is 677. The molecule has 4 nitrogen and oxygen atoms in total. The first-order chi connectivity index (χ1) is 10.0. The van der Waals surface area contributed by atoms with Crippen molar-refractivity contribution >= 4 is 21.8 Å². The van der Waals surface area contributed by atoms with Crippen LogP contribution in [-0.2, 0) is 0 Å². The first kappa shape index (κ1) is 15.3. The van der Waals surface area contributed by atoms with Crippen LogP contribution in [-0.4, -0.2) is 12.4 Å². The molecular weight excluding hydrogens is 339 g/mol. The summed E-state index contributed by atoms with van der Waals surface area (Å²) in [6.07, 6.45) is 0. The van der Waals surface area contributed by atoms with Crippen LogP contribution in [0.4, 0.5) is 4.39 Å². The number of halogens is 2. The SMILES string of the molecule is CCOc1ccccc1Oc1ccc(C(=N)N)c(Br)c1F. The number of benzene rings is 2. The van der Waals surface area contributed by atoms with Crippen LogP contribution in [0.2, 0.25) is 0 Å². The van der Waals surface area contributed by atoms with Gasteiger partial charge in [0.1, 0.15) is 5.84 Å². The molecule has 110 valence electrons. The highest BCUT2D eigenvalue weighted by atomic mass is 79.9. The average molecular weight is 353 g/mol. The lowest BCUT2D eigenvalue weighted by Gasteiger charge is -2.13. The molecular formula is C15H14BrFN2O2. The molecule has 2 rings (SSSR count). The largest absolute Gasteiger partial charge is 0.490 e. The molecule has 0 bridgehead atoms. The Labute approximate surface area is 130 Å². The van der Waals surface area contributed by atoms with E-state index in [0.29, 0.717) is 18.1 Å². The van der Waals surface area contributed by atoms with Gasteiger partial charge in [-0.3, -0.25) is 5.41 Å². The Morgan fingerprint density at radius 1 is 1.19 bits per heavy atom. The maximum absolute atomic E-state index is 14.3. The lowest BCUT2D eigenvalue weighted by molar-refractivity contribution is 0.318. The van der Waals surface area contributed by atoms with Gasteiger partial charge in [0.2, 0.25) is 0 Å². The predicted octanol–water partition coefficient (Wildman–Crippen LogP) is 4.06. The normalized spacial score (nSPS) is 10.2. The van der Waals surface area contributed by atoms with Crippen molar-refractivity contribution in [2.75, 3.05) is 6.61 Å². The van der Waals surface area contributed by atoms with Crippen molar-refractivity contribution in [3.8, 4) is 17.2 Å². The molecule has 0 atom stereocenters. The maximum atomic E-state index is 14.3. The molecule has 0 saturated carbocycles. The van der Waals surface area contributed by atoms with Crippen LogP contribution in [0.1, 0.15) is 12.5 Å². The number of nitrogens with two attached hydrogens (primary N) is 1. The van der Waals surface area contributed by atoms with Gasteiger partial charge in [-0.2, -0.15) is 0 Å². The molecule has 0 aliphatic heterocycles. The molecule has 6 heteroatoms. The molecule has 3 N–H and O–H groups in total. The van der Waals surface area contributed by atoms with Crippen molar-refractivity contribution in [3.63, 3.8) is 0 Å². The summed E-state index contributed by atoms with van der Waals surface area (Å²) in [5.74, 6) is 0.141. The molecule has 0 unspecified atom stereocenters. The van der Waals surface area contributed by atoms with E-state index < -0.39 is 5.82 Å². The Morgan fingerprint density at radius 2 is 1.86 bits per heavy atom. The van der Waals surface area contributed by atoms with Crippen LogP contribution in [0.3, 0.4) is 0 Å². The van der Waals surface area contributed by atoms with Gasteiger partial charge in [-0.15, -0.1) is 0 Å². The van der Waals surface area contributed by atoms with Gasteiger partial charge in [-0.1, -0.05) is 12.1 Å². The van der Waals surface area contributed by atoms with E-state index in [1.165, 1.54) is 12.1 Å². The van der Waals surface area contributed by atoms with Crippen molar-refractivity contribution < 1.29 is 13.9 Å². The quantitative estimate of drug-likeness (QED) is 0.629. The number of nitrogen functional groups attached to an aromatic ring is 1. The maximum Gasteiger partial charge on any atom is 0.180 e. The third kappa shape index (κ3) is 3.33. The Morgan fingerprint density at radius 3 is 2.48 bits per heavy atom. The Balaban J connectivity index is 2.37. The molecule has 0 aliphatic carbocycles. The van der Waals surface area contributed by atoms with Gasteiger partial charge in [0.15, 0.2) is 23.1 Å². The van der Waals surface area contributed by atoms with E-state index in [-0.39, 0.29) is 21.6 Å². The molecule has 21 heavy (non-hydrogen) atoms. The number of hydrogen-bond donors (Lipinski definition) is 2. The van der Waals surface area contributed by atoms with Crippen LogP contribution in [0, 0.1) is 11.2 Å². The first-order valence-corrected chi connectivity index (χ1v) is 7.06. The van der Waals surface area contributed by atoms with E-state index in [9.17, 15) is 4.39 Å². The fraction of sp³-hybridized carbons (Fsp3) is 0.133. The summed E-state index contributed by atoms with van der Waals surface area (Å²) in [5.41, 5.74) is 5.65. The number of amidine groups is 1. The monoisotopic (exact) mass is 352 g/mol. The molecule has 2 aromatic rings. The molecule has 0 aliphatic rings. The van der Waals surface area contributed by atoms with Crippen LogP contribution in [0.25, 0.3) is 0 Å². The van der Waals surface area contributed by atoms with Crippen LogP contribution in [0.15, 0.2) is 40.9 Å². The molecule has 0 spiro atoms. The van der Waals surface area contributed by atoms with Gasteiger partial charge in [0, 0.05) is 5.56 Å². The smallest absolute Gasteiger partial charge is 0.180 e. The second-order valence-corrected chi connectivity index (χ2v) is 4.93. The lowest BCUT2D eigenvalue weighted by Crippen LogP contribution is -2.12. The first-order valence-electron chi connectivity index (χ1n) is 6.26. The number of nitrogens with one attached hydrogen (secondary N) is 1. The second-order valence-electron chi connectivity index (χ2n) is 4.13. The Kier molecular flexibility index (Phi) is 4.80. The third-order valence-corrected chi connectivity index (χ3v) is 3.48. The van der Waals surface area contributed by atoms with E-state index in [0.717, 1.165) is 0 Å². The highest BCUT2D eigenvalue weighted by Crippen LogP contribution is 2.35. The van der Waals surface area contributed by atoms with Crippen molar-refractivity contribution in [3.05, 3.63) is 52.3 Å². The number of rotatable bonds is 5. The highest BCUT2D eigenvalue weighted by Gasteiger charge is 2.16. The van der Waals surface area contributed by atoms with Crippen molar-refractivity contribution in [2.45, 2.75) is 6.92 Å². The molecule has 0 fully saturated rings. The number of ether oxygens (including phenoxy) is 2. The zero-order valence-electron chi connectivity index (χ0n) is 11.3. The zero-order chi connectivity index (χ0) is 15.4. The molecule has 0 saturated heterocycles. The topological polar surface area (TPSA) is 68.3 Å². The van der Waals surface area contributed by atoms with Crippen molar-refractivity contribution in [1.82, 2.24) is 0 Å². The summed E-state index contributed by atoms with van der Waals surface area (Å²) in [7, 11) is 0. The summed E-state index contributed by atoms with van der Waals surface area (Å²) in [6.45, 7) is 2.34. The lowest BCUT2D eigenvalue weighted by atomic mass is 10.2. The molecule has 2 aromatic carbocycles. The van der Waals surface area contributed by atoms with Crippen molar-refractivity contribution in [2.24, 2.45) is 5.73 Å². The fourth-order valence-electron chi connectivity index (χ4n) is 1.75. The van der Waals surface area contributed by atoms with E-state index in [2.05, 4.69) is 15.9 Å². The molecule has 0 aromatic heterocycles. The minimum atomic E-state index is -0.617. The van der Waals surface area contributed by atoms with Crippen molar-refractivity contribution in [1.29, 1.82) is 5.41 Å². The second kappa shape index (κ2) is 6.58. The molecule has 0 heterocycles. The summed E-state index contributed by atoms with van der Waals surface area (Å²) in [5, 5.41) is 7.37. The minimum absolute atomic E-state index is 0.0269. The third-order valence-electron chi connectivity index (χ3n) is 2.71. The van der Waals surface area contributed by atoms with Gasteiger partial charge in [0.25, 0.3) is 0 Å². The van der Waals surface area contributed by atoms with E-state index in [1.807, 2.05) is 13.0 Å². The summed E-state index contributed by atoms with van der Waals surface area (Å²) in [6, 6.07) is 9.97. The number of hydrogen-bond acceptors (Lipinski definition) is 3.